The van der Waals surface area contributed by atoms with Crippen molar-refractivity contribution in [2.75, 3.05) is 0 Å². The summed E-state index contributed by atoms with van der Waals surface area (Å²) < 4.78 is 0. The van der Waals surface area contributed by atoms with Crippen LogP contribution in [0.25, 0.3) is 0 Å². The Morgan fingerprint density at radius 3 is 2.60 bits per heavy atom. The minimum atomic E-state index is -0.712. The molecule has 0 bridgehead atoms. The van der Waals surface area contributed by atoms with Gasteiger partial charge in [0.25, 0.3) is 0 Å². The molecule has 0 saturated heterocycles. The van der Waals surface area contributed by atoms with Gasteiger partial charge in [0, 0.05) is 0 Å². The van der Waals surface area contributed by atoms with E-state index in [9.17, 15) is 5.11 Å². The van der Waals surface area contributed by atoms with Gasteiger partial charge < -0.3 is 5.11 Å². The van der Waals surface area contributed by atoms with Gasteiger partial charge >= 0.3 is 0 Å². The van der Waals surface area contributed by atoms with Crippen molar-refractivity contribution in [2.45, 2.75) is 58.5 Å². The molecule has 1 aliphatic rings. The van der Waals surface area contributed by atoms with Crippen LogP contribution >= 0.6 is 0 Å². The van der Waals surface area contributed by atoms with Crippen LogP contribution < -0.4 is 0 Å². The van der Waals surface area contributed by atoms with Crippen LogP contribution in [-0.4, -0.2) is 10.7 Å². The molecule has 0 aliphatic heterocycles. The van der Waals surface area contributed by atoms with Crippen LogP contribution in [0.5, 0.6) is 0 Å². The molecule has 4 atom stereocenters. The number of aliphatic hydroxyl groups is 1. The van der Waals surface area contributed by atoms with Gasteiger partial charge in [0.2, 0.25) is 0 Å². The summed E-state index contributed by atoms with van der Waals surface area (Å²) in [5.74, 6) is 1.06. The van der Waals surface area contributed by atoms with Crippen LogP contribution in [0.2, 0.25) is 0 Å². The Balaban J connectivity index is 2.69. The maximum absolute atomic E-state index is 10.5. The Morgan fingerprint density at radius 2 is 2.13 bits per heavy atom. The zero-order valence-electron chi connectivity index (χ0n) is 10.2. The first-order valence-electron chi connectivity index (χ1n) is 6.15. The molecule has 1 aliphatic carbocycles. The molecule has 2 heteroatoms. The summed E-state index contributed by atoms with van der Waals surface area (Å²) in [4.78, 5) is 0. The van der Waals surface area contributed by atoms with Gasteiger partial charge in [-0.1, -0.05) is 27.2 Å². The molecular formula is C13H23NO. The molecule has 0 aromatic heterocycles. The summed E-state index contributed by atoms with van der Waals surface area (Å²) in [6.07, 6.45) is 4.46. The molecule has 1 N–H and O–H groups in total. The van der Waals surface area contributed by atoms with E-state index in [4.69, 9.17) is 5.26 Å². The van der Waals surface area contributed by atoms with Gasteiger partial charge in [-0.25, -0.2) is 0 Å². The lowest BCUT2D eigenvalue weighted by molar-refractivity contribution is -0.0606. The van der Waals surface area contributed by atoms with Crippen molar-refractivity contribution in [3.63, 3.8) is 0 Å². The van der Waals surface area contributed by atoms with Crippen molar-refractivity contribution in [3.8, 4) is 6.07 Å². The number of hydrogen-bond acceptors (Lipinski definition) is 2. The minimum Gasteiger partial charge on any atom is -0.389 e. The molecule has 4 unspecified atom stereocenters. The molecule has 86 valence electrons. The maximum atomic E-state index is 10.5. The van der Waals surface area contributed by atoms with Gasteiger partial charge in [-0.15, -0.1) is 0 Å². The van der Waals surface area contributed by atoms with Gasteiger partial charge in [0.15, 0.2) is 0 Å². The third-order valence-corrected chi connectivity index (χ3v) is 4.06. The summed E-state index contributed by atoms with van der Waals surface area (Å²) in [6.45, 7) is 6.50. The number of hydrogen-bond donors (Lipinski definition) is 1. The normalized spacial score (nSPS) is 38.3. The van der Waals surface area contributed by atoms with Crippen LogP contribution in [0.4, 0.5) is 0 Å². The Kier molecular flexibility index (Phi) is 4.16. The standard InChI is InChI=1S/C13H23NO/c1-4-5-12(9-14)13(15)7-6-10(2)11(3)8-13/h10-12,15H,4-8H2,1-3H3. The highest BCUT2D eigenvalue weighted by atomic mass is 16.3. The van der Waals surface area contributed by atoms with Crippen molar-refractivity contribution in [1.29, 1.82) is 5.26 Å². The third-order valence-electron chi connectivity index (χ3n) is 4.06. The van der Waals surface area contributed by atoms with Crippen molar-refractivity contribution in [1.82, 2.24) is 0 Å². The predicted octanol–water partition coefficient (Wildman–Crippen LogP) is 3.11. The maximum Gasteiger partial charge on any atom is 0.0808 e. The molecule has 0 aromatic rings. The molecule has 0 heterocycles. The largest absolute Gasteiger partial charge is 0.389 e. The van der Waals surface area contributed by atoms with Crippen LogP contribution in [-0.2, 0) is 0 Å². The second-order valence-corrected chi connectivity index (χ2v) is 5.27. The Bertz CT molecular complexity index is 245. The fraction of sp³-hybridized carbons (Fsp3) is 0.923. The molecule has 0 spiro atoms. The molecule has 1 saturated carbocycles. The summed E-state index contributed by atoms with van der Waals surface area (Å²) in [5.41, 5.74) is -0.712. The number of rotatable bonds is 3. The second-order valence-electron chi connectivity index (χ2n) is 5.27. The highest BCUT2D eigenvalue weighted by Gasteiger charge is 2.41. The van der Waals surface area contributed by atoms with Gasteiger partial charge in [0.1, 0.15) is 0 Å². The highest BCUT2D eigenvalue weighted by Crippen LogP contribution is 2.41. The van der Waals surface area contributed by atoms with E-state index in [1.54, 1.807) is 0 Å². The van der Waals surface area contributed by atoms with E-state index >= 15 is 0 Å². The SMILES string of the molecule is CCCC(C#N)C1(O)CCC(C)C(C)C1. The summed E-state index contributed by atoms with van der Waals surface area (Å²) in [6, 6.07) is 2.30. The lowest BCUT2D eigenvalue weighted by Gasteiger charge is -2.41. The van der Waals surface area contributed by atoms with Gasteiger partial charge in [-0.2, -0.15) is 5.26 Å². The van der Waals surface area contributed by atoms with Crippen molar-refractivity contribution < 1.29 is 5.11 Å². The first-order chi connectivity index (χ1) is 7.03. The van der Waals surface area contributed by atoms with E-state index in [1.807, 2.05) is 0 Å². The molecule has 0 aromatic carbocycles. The molecule has 0 radical (unpaired) electrons. The van der Waals surface area contributed by atoms with E-state index in [-0.39, 0.29) is 5.92 Å². The highest BCUT2D eigenvalue weighted by molar-refractivity contribution is 5.01. The Hall–Kier alpha value is -0.550. The van der Waals surface area contributed by atoms with Crippen molar-refractivity contribution in [2.24, 2.45) is 17.8 Å². The fourth-order valence-electron chi connectivity index (χ4n) is 2.68. The predicted molar refractivity (Wildman–Crippen MR) is 61.1 cm³/mol. The fourth-order valence-corrected chi connectivity index (χ4v) is 2.68. The Morgan fingerprint density at radius 1 is 1.47 bits per heavy atom. The third kappa shape index (κ3) is 2.72. The van der Waals surface area contributed by atoms with E-state index in [2.05, 4.69) is 26.8 Å². The summed E-state index contributed by atoms with van der Waals surface area (Å²) >= 11 is 0. The van der Waals surface area contributed by atoms with Crippen LogP contribution in [0, 0.1) is 29.1 Å². The number of nitrogens with zero attached hydrogens (tertiary/aromatic N) is 1. The second kappa shape index (κ2) is 4.99. The van der Waals surface area contributed by atoms with Crippen LogP contribution in [0.3, 0.4) is 0 Å². The lowest BCUT2D eigenvalue weighted by Crippen LogP contribution is -2.43. The van der Waals surface area contributed by atoms with E-state index in [1.165, 1.54) is 0 Å². The van der Waals surface area contributed by atoms with Gasteiger partial charge in [-0.05, 0) is 37.5 Å². The Labute approximate surface area is 93.3 Å². The zero-order valence-corrected chi connectivity index (χ0v) is 10.2. The average molecular weight is 209 g/mol. The van der Waals surface area contributed by atoms with Gasteiger partial charge in [-0.3, -0.25) is 0 Å². The molecule has 1 fully saturated rings. The molecular weight excluding hydrogens is 186 g/mol. The smallest absolute Gasteiger partial charge is 0.0808 e. The summed E-state index contributed by atoms with van der Waals surface area (Å²) in [7, 11) is 0. The first kappa shape index (κ1) is 12.5. The van der Waals surface area contributed by atoms with E-state index in [0.717, 1.165) is 32.1 Å². The summed E-state index contributed by atoms with van der Waals surface area (Å²) in [5, 5.41) is 19.6. The molecule has 0 amide bonds. The van der Waals surface area contributed by atoms with Gasteiger partial charge in [0.05, 0.1) is 17.6 Å². The molecule has 15 heavy (non-hydrogen) atoms. The monoisotopic (exact) mass is 209 g/mol. The number of nitriles is 1. The molecule has 1 rings (SSSR count). The van der Waals surface area contributed by atoms with Crippen molar-refractivity contribution >= 4 is 0 Å². The van der Waals surface area contributed by atoms with Crippen LogP contribution in [0.1, 0.15) is 52.9 Å². The molecule has 2 nitrogen and oxygen atoms in total. The zero-order chi connectivity index (χ0) is 11.5. The topological polar surface area (TPSA) is 44.0 Å². The van der Waals surface area contributed by atoms with E-state index in [0.29, 0.717) is 11.8 Å². The van der Waals surface area contributed by atoms with Crippen LogP contribution in [0.15, 0.2) is 0 Å². The quantitative estimate of drug-likeness (QED) is 0.776. The lowest BCUT2D eigenvalue weighted by atomic mass is 9.67. The first-order valence-corrected chi connectivity index (χ1v) is 6.15. The van der Waals surface area contributed by atoms with E-state index < -0.39 is 5.60 Å². The minimum absolute atomic E-state index is 0.169. The average Bonchev–Trinajstić information content (AvgIpc) is 2.20. The van der Waals surface area contributed by atoms with Crippen molar-refractivity contribution in [3.05, 3.63) is 0 Å².